The van der Waals surface area contributed by atoms with Crippen LogP contribution >= 0.6 is 15.9 Å². The van der Waals surface area contributed by atoms with Crippen LogP contribution in [-0.4, -0.2) is 23.2 Å². The highest BCUT2D eigenvalue weighted by Crippen LogP contribution is 2.25. The molecule has 4 nitrogen and oxygen atoms in total. The fourth-order valence-electron chi connectivity index (χ4n) is 1.45. The molecule has 0 aliphatic heterocycles. The zero-order chi connectivity index (χ0) is 13.2. The Morgan fingerprint density at radius 3 is 2.53 bits per heavy atom. The third kappa shape index (κ3) is 3.64. The van der Waals surface area contributed by atoms with Gasteiger partial charge in [0.05, 0.1) is 11.8 Å². The van der Waals surface area contributed by atoms with E-state index in [9.17, 15) is 4.79 Å². The number of rotatable bonds is 3. The third-order valence-corrected chi connectivity index (χ3v) is 3.24. The summed E-state index contributed by atoms with van der Waals surface area (Å²) >= 11 is 3.30. The number of H-pyrrole nitrogens is 1. The first-order chi connectivity index (χ1) is 7.75. The summed E-state index contributed by atoms with van der Waals surface area (Å²) in [6.45, 7) is 8.04. The van der Waals surface area contributed by atoms with E-state index >= 15 is 0 Å². The lowest BCUT2D eigenvalue weighted by atomic mass is 9.92. The fraction of sp³-hybridized carbons (Fsp3) is 0.667. The number of hydrogen-bond donors (Lipinski definition) is 1. The van der Waals surface area contributed by atoms with Gasteiger partial charge in [0.1, 0.15) is 10.3 Å². The Bertz CT molecular complexity index is 449. The summed E-state index contributed by atoms with van der Waals surface area (Å²) in [7, 11) is 1.65. The minimum Gasteiger partial charge on any atom is -0.381 e. The molecular weight excluding hydrogens is 284 g/mol. The summed E-state index contributed by atoms with van der Waals surface area (Å²) in [4.78, 5) is 19.1. The lowest BCUT2D eigenvalue weighted by molar-refractivity contribution is 0.117. The van der Waals surface area contributed by atoms with Gasteiger partial charge >= 0.3 is 0 Å². The van der Waals surface area contributed by atoms with E-state index in [1.807, 2.05) is 27.7 Å². The molecule has 1 unspecified atom stereocenters. The van der Waals surface area contributed by atoms with E-state index in [4.69, 9.17) is 4.74 Å². The van der Waals surface area contributed by atoms with Crippen LogP contribution in [0.1, 0.15) is 39.2 Å². The molecule has 1 N–H and O–H groups in total. The maximum atomic E-state index is 11.8. The second kappa shape index (κ2) is 5.31. The van der Waals surface area contributed by atoms with Crippen molar-refractivity contribution in [1.29, 1.82) is 0 Å². The van der Waals surface area contributed by atoms with Crippen LogP contribution in [0.3, 0.4) is 0 Å². The third-order valence-electron chi connectivity index (χ3n) is 2.51. The van der Waals surface area contributed by atoms with E-state index in [0.717, 1.165) is 5.69 Å². The SMILES string of the molecule is COC(C)Cc1nc(C(C)(C)C)c(Br)c(=O)[nH]1. The first-order valence-corrected chi connectivity index (χ1v) is 6.37. The molecule has 0 fully saturated rings. The summed E-state index contributed by atoms with van der Waals surface area (Å²) in [6, 6.07) is 0. The topological polar surface area (TPSA) is 55.0 Å². The molecule has 1 heterocycles. The van der Waals surface area contributed by atoms with Crippen LogP contribution in [0.2, 0.25) is 0 Å². The van der Waals surface area contributed by atoms with Gasteiger partial charge in [-0.1, -0.05) is 20.8 Å². The van der Waals surface area contributed by atoms with Crippen LogP contribution in [0.25, 0.3) is 0 Å². The van der Waals surface area contributed by atoms with Gasteiger partial charge in [0.2, 0.25) is 0 Å². The molecule has 0 radical (unpaired) electrons. The van der Waals surface area contributed by atoms with Crippen molar-refractivity contribution >= 4 is 15.9 Å². The number of halogens is 1. The lowest BCUT2D eigenvalue weighted by Crippen LogP contribution is -2.25. The highest BCUT2D eigenvalue weighted by Gasteiger charge is 2.22. The summed E-state index contributed by atoms with van der Waals surface area (Å²) < 4.78 is 5.69. The van der Waals surface area contributed by atoms with E-state index in [1.54, 1.807) is 7.11 Å². The Kier molecular flexibility index (Phi) is 4.49. The highest BCUT2D eigenvalue weighted by atomic mass is 79.9. The second-order valence-electron chi connectivity index (χ2n) is 5.18. The van der Waals surface area contributed by atoms with Crippen LogP contribution in [0, 0.1) is 0 Å². The molecule has 0 amide bonds. The molecule has 96 valence electrons. The molecule has 1 aromatic rings. The van der Waals surface area contributed by atoms with E-state index < -0.39 is 0 Å². The van der Waals surface area contributed by atoms with Gasteiger partial charge in [-0.05, 0) is 22.9 Å². The molecule has 1 rings (SSSR count). The zero-order valence-electron chi connectivity index (χ0n) is 10.9. The maximum Gasteiger partial charge on any atom is 0.265 e. The van der Waals surface area contributed by atoms with Crippen LogP contribution in [-0.2, 0) is 16.6 Å². The first kappa shape index (κ1) is 14.4. The Labute approximate surface area is 110 Å². The summed E-state index contributed by atoms with van der Waals surface area (Å²) in [5.74, 6) is 0.664. The molecule has 17 heavy (non-hydrogen) atoms. The second-order valence-corrected chi connectivity index (χ2v) is 5.97. The molecule has 1 aromatic heterocycles. The van der Waals surface area contributed by atoms with Crippen LogP contribution in [0.4, 0.5) is 0 Å². The number of hydrogen-bond acceptors (Lipinski definition) is 3. The number of nitrogens with one attached hydrogen (secondary N) is 1. The molecule has 1 atom stereocenters. The van der Waals surface area contributed by atoms with Crippen LogP contribution < -0.4 is 5.56 Å². The van der Waals surface area contributed by atoms with Crippen molar-refractivity contribution in [2.45, 2.75) is 45.6 Å². The van der Waals surface area contributed by atoms with E-state index in [-0.39, 0.29) is 17.1 Å². The van der Waals surface area contributed by atoms with Crippen molar-refractivity contribution in [1.82, 2.24) is 9.97 Å². The predicted octanol–water partition coefficient (Wildman–Crippen LogP) is 2.41. The Morgan fingerprint density at radius 1 is 1.47 bits per heavy atom. The Hall–Kier alpha value is -0.680. The quantitative estimate of drug-likeness (QED) is 0.933. The molecule has 0 aliphatic carbocycles. The number of aromatic nitrogens is 2. The first-order valence-electron chi connectivity index (χ1n) is 5.57. The molecule has 0 spiro atoms. The Balaban J connectivity index is 3.20. The predicted molar refractivity (Wildman–Crippen MR) is 71.4 cm³/mol. The van der Waals surface area contributed by atoms with E-state index in [0.29, 0.717) is 16.7 Å². The molecular formula is C12H19BrN2O2. The lowest BCUT2D eigenvalue weighted by Gasteiger charge is -2.20. The zero-order valence-corrected chi connectivity index (χ0v) is 12.5. The average molecular weight is 303 g/mol. The summed E-state index contributed by atoms with van der Waals surface area (Å²) in [5, 5.41) is 0. The molecule has 0 aromatic carbocycles. The molecule has 0 saturated carbocycles. The number of methoxy groups -OCH3 is 1. The van der Waals surface area contributed by atoms with Gasteiger partial charge in [-0.25, -0.2) is 4.98 Å². The van der Waals surface area contributed by atoms with Crippen molar-refractivity contribution in [2.75, 3.05) is 7.11 Å². The monoisotopic (exact) mass is 302 g/mol. The smallest absolute Gasteiger partial charge is 0.265 e. The van der Waals surface area contributed by atoms with Crippen molar-refractivity contribution in [3.8, 4) is 0 Å². The summed E-state index contributed by atoms with van der Waals surface area (Å²) in [5.41, 5.74) is 0.473. The molecule has 0 aliphatic rings. The largest absolute Gasteiger partial charge is 0.381 e. The maximum absolute atomic E-state index is 11.8. The van der Waals surface area contributed by atoms with Crippen molar-refractivity contribution < 1.29 is 4.74 Å². The normalized spacial score (nSPS) is 13.8. The van der Waals surface area contributed by atoms with E-state index in [1.165, 1.54) is 0 Å². The molecule has 0 saturated heterocycles. The minimum atomic E-state index is -0.168. The fourth-order valence-corrected chi connectivity index (χ4v) is 2.24. The van der Waals surface area contributed by atoms with Crippen molar-refractivity contribution in [3.63, 3.8) is 0 Å². The number of nitrogens with zero attached hydrogens (tertiary/aromatic N) is 1. The Morgan fingerprint density at radius 2 is 2.06 bits per heavy atom. The van der Waals surface area contributed by atoms with Crippen LogP contribution in [0.5, 0.6) is 0 Å². The number of aromatic amines is 1. The van der Waals surface area contributed by atoms with E-state index in [2.05, 4.69) is 25.9 Å². The summed E-state index contributed by atoms with van der Waals surface area (Å²) in [6.07, 6.45) is 0.634. The standard InChI is InChI=1S/C12H19BrN2O2/c1-7(17-5)6-8-14-10(12(2,3)4)9(13)11(16)15-8/h7H,6H2,1-5H3,(H,14,15,16). The highest BCUT2D eigenvalue weighted by molar-refractivity contribution is 9.10. The van der Waals surface area contributed by atoms with Gasteiger partial charge in [-0.15, -0.1) is 0 Å². The number of ether oxygens (including phenoxy) is 1. The van der Waals surface area contributed by atoms with Crippen molar-refractivity contribution in [2.24, 2.45) is 0 Å². The minimum absolute atomic E-state index is 0.0344. The molecule has 0 bridgehead atoms. The average Bonchev–Trinajstić information content (AvgIpc) is 2.21. The van der Waals surface area contributed by atoms with Gasteiger partial charge in [0, 0.05) is 18.9 Å². The van der Waals surface area contributed by atoms with Gasteiger partial charge in [0.15, 0.2) is 0 Å². The van der Waals surface area contributed by atoms with Gasteiger partial charge in [-0.2, -0.15) is 0 Å². The molecule has 5 heteroatoms. The van der Waals surface area contributed by atoms with Crippen LogP contribution in [0.15, 0.2) is 9.27 Å². The van der Waals surface area contributed by atoms with Crippen molar-refractivity contribution in [3.05, 3.63) is 26.3 Å². The van der Waals surface area contributed by atoms with Gasteiger partial charge in [-0.3, -0.25) is 4.79 Å². The van der Waals surface area contributed by atoms with Gasteiger partial charge < -0.3 is 9.72 Å². The van der Waals surface area contributed by atoms with Gasteiger partial charge in [0.25, 0.3) is 5.56 Å².